The van der Waals surface area contributed by atoms with Gasteiger partial charge in [-0.05, 0) is 50.1 Å². The Morgan fingerprint density at radius 3 is 2.39 bits per heavy atom. The summed E-state index contributed by atoms with van der Waals surface area (Å²) in [6, 6.07) is 12.8. The van der Waals surface area contributed by atoms with E-state index in [1.54, 1.807) is 50.4 Å². The van der Waals surface area contributed by atoms with Crippen molar-refractivity contribution in [3.8, 4) is 5.75 Å². The van der Waals surface area contributed by atoms with Crippen LogP contribution in [0.2, 0.25) is 0 Å². The summed E-state index contributed by atoms with van der Waals surface area (Å²) in [5.74, 6) is 0.617. The second-order valence-corrected chi connectivity index (χ2v) is 8.47. The fourth-order valence-electron chi connectivity index (χ4n) is 3.77. The number of hydrogen-bond donors (Lipinski definition) is 0. The first-order valence-corrected chi connectivity index (χ1v) is 10.4. The van der Waals surface area contributed by atoms with Crippen molar-refractivity contribution in [3.63, 3.8) is 0 Å². The lowest BCUT2D eigenvalue weighted by Gasteiger charge is -2.29. The number of hydrogen-bond acceptors (Lipinski definition) is 5. The van der Waals surface area contributed by atoms with Gasteiger partial charge in [0.1, 0.15) is 5.75 Å². The number of methoxy groups -OCH3 is 2. The molecule has 0 radical (unpaired) electrons. The maximum atomic E-state index is 13.0. The van der Waals surface area contributed by atoms with Crippen molar-refractivity contribution in [2.24, 2.45) is 4.99 Å². The van der Waals surface area contributed by atoms with Crippen LogP contribution in [-0.4, -0.2) is 62.3 Å². The zero-order valence-electron chi connectivity index (χ0n) is 18.9. The number of fused-ring (bicyclic) bond motifs is 1. The number of carbonyl (C=O) groups is 2. The highest BCUT2D eigenvalue weighted by Crippen LogP contribution is 2.31. The Kier molecular flexibility index (Phi) is 6.91. The third-order valence-electron chi connectivity index (χ3n) is 5.45. The van der Waals surface area contributed by atoms with Gasteiger partial charge in [0.15, 0.2) is 5.78 Å². The number of benzene rings is 2. The summed E-state index contributed by atoms with van der Waals surface area (Å²) in [5, 5.41) is 0. The topological polar surface area (TPSA) is 68.2 Å². The molecule has 31 heavy (non-hydrogen) atoms. The number of carbonyl (C=O) groups excluding carboxylic acids is 2. The van der Waals surface area contributed by atoms with Crippen molar-refractivity contribution in [1.29, 1.82) is 0 Å². The molecule has 6 heteroatoms. The first-order chi connectivity index (χ1) is 14.7. The molecule has 6 nitrogen and oxygen atoms in total. The summed E-state index contributed by atoms with van der Waals surface area (Å²) >= 11 is 0. The first-order valence-electron chi connectivity index (χ1n) is 10.4. The van der Waals surface area contributed by atoms with Gasteiger partial charge in [-0.3, -0.25) is 14.6 Å². The van der Waals surface area contributed by atoms with Crippen molar-refractivity contribution in [2.45, 2.75) is 32.2 Å². The molecular formula is C25H30N2O4. The molecule has 0 saturated heterocycles. The fourth-order valence-corrected chi connectivity index (χ4v) is 3.77. The van der Waals surface area contributed by atoms with E-state index >= 15 is 0 Å². The predicted molar refractivity (Wildman–Crippen MR) is 122 cm³/mol. The average Bonchev–Trinajstić information content (AvgIpc) is 2.76. The van der Waals surface area contributed by atoms with Crippen molar-refractivity contribution in [3.05, 3.63) is 64.7 Å². The molecule has 2 aromatic rings. The third-order valence-corrected chi connectivity index (χ3v) is 5.45. The molecule has 0 aliphatic carbocycles. The highest BCUT2D eigenvalue weighted by molar-refractivity contribution is 6.17. The van der Waals surface area contributed by atoms with Gasteiger partial charge in [0.25, 0.3) is 5.91 Å². The molecule has 1 amide bonds. The van der Waals surface area contributed by atoms with Crippen LogP contribution in [0.25, 0.3) is 0 Å². The third kappa shape index (κ3) is 5.39. The number of Topliss-reactive ketones (excluding diaryl/α,β-unsaturated/α-hetero) is 1. The molecule has 0 N–H and O–H groups in total. The summed E-state index contributed by atoms with van der Waals surface area (Å²) in [7, 11) is 4.96. The molecule has 0 unspecified atom stereocenters. The molecule has 2 aromatic carbocycles. The van der Waals surface area contributed by atoms with Crippen molar-refractivity contribution < 1.29 is 19.1 Å². The zero-order valence-corrected chi connectivity index (χ0v) is 18.9. The molecule has 164 valence electrons. The minimum absolute atomic E-state index is 0.0306. The van der Waals surface area contributed by atoms with Crippen LogP contribution in [-0.2, 0) is 11.2 Å². The number of nitrogens with zero attached hydrogens (tertiary/aromatic N) is 2. The Labute approximate surface area is 183 Å². The second-order valence-electron chi connectivity index (χ2n) is 8.47. The number of amides is 1. The van der Waals surface area contributed by atoms with E-state index in [1.165, 1.54) is 5.56 Å². The Hall–Kier alpha value is -2.99. The standard InChI is InChI=1S/C25H30N2O4/c1-25(2)16-19-10-11-20(31-5)14-21(19)22(26-25)15-23(28)17-6-8-18(9-7-17)24(29)27(3)12-13-30-4/h6-11,14H,12-13,15-16H2,1-5H3. The minimum Gasteiger partial charge on any atom is -0.497 e. The van der Waals surface area contributed by atoms with Gasteiger partial charge in [-0.15, -0.1) is 0 Å². The Morgan fingerprint density at radius 2 is 1.74 bits per heavy atom. The highest BCUT2D eigenvalue weighted by Gasteiger charge is 2.28. The summed E-state index contributed by atoms with van der Waals surface area (Å²) in [6.07, 6.45) is 1.02. The average molecular weight is 423 g/mol. The summed E-state index contributed by atoms with van der Waals surface area (Å²) in [5.41, 5.74) is 3.75. The van der Waals surface area contributed by atoms with Gasteiger partial charge >= 0.3 is 0 Å². The molecule has 0 bridgehead atoms. The van der Waals surface area contributed by atoms with E-state index in [4.69, 9.17) is 14.5 Å². The van der Waals surface area contributed by atoms with Gasteiger partial charge in [0, 0.05) is 37.4 Å². The number of aliphatic imine (C=N–C) groups is 1. The molecule has 0 saturated carbocycles. The van der Waals surface area contributed by atoms with E-state index in [0.717, 1.165) is 23.4 Å². The summed E-state index contributed by atoms with van der Waals surface area (Å²) in [4.78, 5) is 32.0. The zero-order chi connectivity index (χ0) is 22.6. The molecule has 1 aliphatic heterocycles. The SMILES string of the molecule is COCCN(C)C(=O)c1ccc(C(=O)CC2=NC(C)(C)Cc3ccc(OC)cc32)cc1. The maximum absolute atomic E-state index is 13.0. The Balaban J connectivity index is 1.78. The Bertz CT molecular complexity index is 993. The smallest absolute Gasteiger partial charge is 0.253 e. The Morgan fingerprint density at radius 1 is 1.06 bits per heavy atom. The summed E-state index contributed by atoms with van der Waals surface area (Å²) in [6.45, 7) is 5.13. The van der Waals surface area contributed by atoms with Gasteiger partial charge in [-0.2, -0.15) is 0 Å². The normalized spacial score (nSPS) is 14.4. The van der Waals surface area contributed by atoms with E-state index in [1.807, 2.05) is 12.1 Å². The van der Waals surface area contributed by atoms with Crippen LogP contribution in [0.3, 0.4) is 0 Å². The quantitative estimate of drug-likeness (QED) is 0.607. The summed E-state index contributed by atoms with van der Waals surface area (Å²) < 4.78 is 10.4. The van der Waals surface area contributed by atoms with Gasteiger partial charge < -0.3 is 14.4 Å². The number of rotatable bonds is 8. The molecule has 0 spiro atoms. The highest BCUT2D eigenvalue weighted by atomic mass is 16.5. The molecule has 0 aromatic heterocycles. The molecular weight excluding hydrogens is 392 g/mol. The van der Waals surface area contributed by atoms with Gasteiger partial charge in [0.05, 0.1) is 31.4 Å². The van der Waals surface area contributed by atoms with Crippen LogP contribution in [0.4, 0.5) is 0 Å². The molecule has 3 rings (SSSR count). The minimum atomic E-state index is -0.264. The molecule has 1 heterocycles. The largest absolute Gasteiger partial charge is 0.497 e. The lowest BCUT2D eigenvalue weighted by molar-refractivity contribution is 0.0744. The van der Waals surface area contributed by atoms with E-state index in [-0.39, 0.29) is 23.7 Å². The maximum Gasteiger partial charge on any atom is 0.253 e. The first kappa shape index (κ1) is 22.7. The monoisotopic (exact) mass is 422 g/mol. The van der Waals surface area contributed by atoms with Crippen molar-refractivity contribution in [1.82, 2.24) is 4.90 Å². The van der Waals surface area contributed by atoms with Gasteiger partial charge in [-0.25, -0.2) is 0 Å². The van der Waals surface area contributed by atoms with Crippen LogP contribution >= 0.6 is 0 Å². The number of ether oxygens (including phenoxy) is 2. The van der Waals surface area contributed by atoms with E-state index in [2.05, 4.69) is 19.9 Å². The second kappa shape index (κ2) is 9.43. The van der Waals surface area contributed by atoms with Crippen LogP contribution in [0.5, 0.6) is 5.75 Å². The van der Waals surface area contributed by atoms with Crippen molar-refractivity contribution in [2.75, 3.05) is 34.4 Å². The fraction of sp³-hybridized carbons (Fsp3) is 0.400. The lowest BCUT2D eigenvalue weighted by Crippen LogP contribution is -2.30. The van der Waals surface area contributed by atoms with Crippen molar-refractivity contribution >= 4 is 17.4 Å². The van der Waals surface area contributed by atoms with Crippen LogP contribution in [0.1, 0.15) is 52.1 Å². The number of likely N-dealkylation sites (N-methyl/N-ethyl adjacent to an activating group) is 1. The van der Waals surface area contributed by atoms with Crippen LogP contribution in [0.15, 0.2) is 47.5 Å². The molecule has 0 fully saturated rings. The predicted octanol–water partition coefficient (Wildman–Crippen LogP) is 3.81. The molecule has 0 atom stereocenters. The van der Waals surface area contributed by atoms with Crippen LogP contribution in [0, 0.1) is 0 Å². The van der Waals surface area contributed by atoms with E-state index < -0.39 is 0 Å². The lowest BCUT2D eigenvalue weighted by atomic mass is 9.85. The van der Waals surface area contributed by atoms with Gasteiger partial charge in [0.2, 0.25) is 0 Å². The van der Waals surface area contributed by atoms with E-state index in [9.17, 15) is 9.59 Å². The van der Waals surface area contributed by atoms with Gasteiger partial charge in [-0.1, -0.05) is 18.2 Å². The van der Waals surface area contributed by atoms with Crippen LogP contribution < -0.4 is 4.74 Å². The number of ketones is 1. The molecule has 1 aliphatic rings. The van der Waals surface area contributed by atoms with E-state index in [0.29, 0.717) is 24.3 Å².